The molecule has 0 radical (unpaired) electrons. The molecule has 0 atom stereocenters. The van der Waals surface area contributed by atoms with Gasteiger partial charge in [0.2, 0.25) is 0 Å². The lowest BCUT2D eigenvalue weighted by atomic mass is 10.2. The lowest BCUT2D eigenvalue weighted by molar-refractivity contribution is -0.129. The Hall–Kier alpha value is -1.31. The number of carbonyl (C=O) groups excluding carboxylic acids is 1. The van der Waals surface area contributed by atoms with Gasteiger partial charge >= 0.3 is 0 Å². The average molecular weight is 224 g/mol. The molecule has 1 aromatic carbocycles. The van der Waals surface area contributed by atoms with E-state index in [0.29, 0.717) is 13.1 Å². The lowest BCUT2D eigenvalue weighted by Gasteiger charge is -1.95. The molecule has 0 amide bonds. The van der Waals surface area contributed by atoms with Gasteiger partial charge in [-0.2, -0.15) is 0 Å². The van der Waals surface area contributed by atoms with Crippen LogP contribution < -0.4 is 0 Å². The number of hydrogen-bond acceptors (Lipinski definition) is 2. The summed E-state index contributed by atoms with van der Waals surface area (Å²) in [5, 5.41) is 0. The van der Waals surface area contributed by atoms with Gasteiger partial charge in [0.25, 0.3) is 6.47 Å². The van der Waals surface area contributed by atoms with Gasteiger partial charge in [0.15, 0.2) is 0 Å². The molecule has 0 N–H and O–H groups in total. The first-order chi connectivity index (χ1) is 7.85. The second-order valence-electron chi connectivity index (χ2n) is 2.89. The zero-order valence-electron chi connectivity index (χ0n) is 10.9. The Morgan fingerprint density at radius 2 is 1.56 bits per heavy atom. The van der Waals surface area contributed by atoms with Crippen LogP contribution in [0.2, 0.25) is 0 Å². The van der Waals surface area contributed by atoms with Crippen LogP contribution in [0.15, 0.2) is 30.3 Å². The molecule has 0 fully saturated rings. The molecule has 16 heavy (non-hydrogen) atoms. The summed E-state index contributed by atoms with van der Waals surface area (Å²) in [6.45, 7) is 9.18. The molecule has 0 spiro atoms. The van der Waals surface area contributed by atoms with Crippen LogP contribution in [0.5, 0.6) is 0 Å². The molecule has 0 saturated carbocycles. The Kier molecular flexibility index (Phi) is 17.2. The van der Waals surface area contributed by atoms with E-state index >= 15 is 0 Å². The van der Waals surface area contributed by atoms with Crippen LogP contribution in [-0.2, 0) is 16.1 Å². The minimum absolute atomic E-state index is 0.365. The normalized spacial score (nSPS) is 7.75. The van der Waals surface area contributed by atoms with Gasteiger partial charge < -0.3 is 4.74 Å². The van der Waals surface area contributed by atoms with Crippen LogP contribution in [0.3, 0.4) is 0 Å². The molecule has 2 nitrogen and oxygen atoms in total. The molecule has 0 bridgehead atoms. The summed E-state index contributed by atoms with van der Waals surface area (Å²) >= 11 is 0. The second kappa shape index (κ2) is 16.1. The molecule has 0 aliphatic rings. The Morgan fingerprint density at radius 3 is 1.94 bits per heavy atom. The molecule has 0 unspecified atom stereocenters. The monoisotopic (exact) mass is 224 g/mol. The van der Waals surface area contributed by atoms with Crippen LogP contribution in [0, 0.1) is 0 Å². The number of benzene rings is 1. The topological polar surface area (TPSA) is 26.3 Å². The highest BCUT2D eigenvalue weighted by atomic mass is 16.5. The average Bonchev–Trinajstić information content (AvgIpc) is 2.40. The second-order valence-corrected chi connectivity index (χ2v) is 2.89. The number of ether oxygens (including phenoxy) is 1. The molecule has 0 saturated heterocycles. The molecule has 1 rings (SSSR count). The van der Waals surface area contributed by atoms with Crippen LogP contribution >= 0.6 is 0 Å². The summed E-state index contributed by atoms with van der Waals surface area (Å²) in [7, 11) is 0. The minimum Gasteiger partial charge on any atom is -0.463 e. The van der Waals surface area contributed by atoms with Gasteiger partial charge in [-0.25, -0.2) is 0 Å². The quantitative estimate of drug-likeness (QED) is 0.717. The number of carbonyl (C=O) groups is 1. The highest BCUT2D eigenvalue weighted by Gasteiger charge is 1.87. The predicted octanol–water partition coefficient (Wildman–Crippen LogP) is 4.19. The Labute approximate surface area is 99.6 Å². The fourth-order valence-corrected chi connectivity index (χ4v) is 0.704. The van der Waals surface area contributed by atoms with Gasteiger partial charge in [0, 0.05) is 0 Å². The number of unbranched alkanes of at least 4 members (excludes halogenated alkanes) is 1. The van der Waals surface area contributed by atoms with E-state index in [-0.39, 0.29) is 0 Å². The summed E-state index contributed by atoms with van der Waals surface area (Å²) < 4.78 is 4.54. The van der Waals surface area contributed by atoms with Crippen molar-refractivity contribution in [3.8, 4) is 0 Å². The third-order valence-electron chi connectivity index (χ3n) is 1.66. The van der Waals surface area contributed by atoms with Crippen molar-refractivity contribution in [1.29, 1.82) is 0 Å². The lowest BCUT2D eigenvalue weighted by Crippen LogP contribution is -1.88. The van der Waals surface area contributed by atoms with Gasteiger partial charge in [-0.15, -0.1) is 0 Å². The van der Waals surface area contributed by atoms with Crippen molar-refractivity contribution in [2.45, 2.75) is 47.1 Å². The van der Waals surface area contributed by atoms with Crippen molar-refractivity contribution in [1.82, 2.24) is 0 Å². The van der Waals surface area contributed by atoms with E-state index in [2.05, 4.69) is 18.6 Å². The zero-order valence-corrected chi connectivity index (χ0v) is 10.9. The first-order valence-corrected chi connectivity index (χ1v) is 5.94. The van der Waals surface area contributed by atoms with Crippen molar-refractivity contribution in [2.75, 3.05) is 0 Å². The van der Waals surface area contributed by atoms with Crippen LogP contribution in [0.4, 0.5) is 0 Å². The minimum atomic E-state index is 0.365. The van der Waals surface area contributed by atoms with Crippen molar-refractivity contribution in [3.63, 3.8) is 0 Å². The highest BCUT2D eigenvalue weighted by Crippen LogP contribution is 1.98. The van der Waals surface area contributed by atoms with Gasteiger partial charge in [-0.05, 0) is 5.56 Å². The van der Waals surface area contributed by atoms with Crippen LogP contribution in [0.1, 0.15) is 46.1 Å². The van der Waals surface area contributed by atoms with Crippen molar-refractivity contribution in [3.05, 3.63) is 35.9 Å². The molecular weight excluding hydrogens is 200 g/mol. The Balaban J connectivity index is 0. The fraction of sp³-hybridized carbons (Fsp3) is 0.500. The molecule has 2 heteroatoms. The summed E-state index contributed by atoms with van der Waals surface area (Å²) in [5.74, 6) is 0. The number of rotatable bonds is 4. The maximum Gasteiger partial charge on any atom is 0.293 e. The maximum absolute atomic E-state index is 9.76. The molecule has 0 aliphatic heterocycles. The van der Waals surface area contributed by atoms with Gasteiger partial charge in [-0.3, -0.25) is 4.79 Å². The van der Waals surface area contributed by atoms with Crippen molar-refractivity contribution >= 4 is 6.47 Å². The fourth-order valence-electron chi connectivity index (χ4n) is 0.704. The van der Waals surface area contributed by atoms with E-state index < -0.39 is 0 Å². The highest BCUT2D eigenvalue weighted by molar-refractivity contribution is 5.37. The number of hydrogen-bond donors (Lipinski definition) is 0. The smallest absolute Gasteiger partial charge is 0.293 e. The van der Waals surface area contributed by atoms with Crippen molar-refractivity contribution in [2.24, 2.45) is 0 Å². The SMILES string of the molecule is CC.CCCC.O=COCc1ccccc1. The van der Waals surface area contributed by atoms with E-state index in [1.165, 1.54) is 12.8 Å². The molecule has 92 valence electrons. The first kappa shape index (κ1) is 17.1. The van der Waals surface area contributed by atoms with E-state index in [4.69, 9.17) is 0 Å². The summed E-state index contributed by atoms with van der Waals surface area (Å²) in [5.41, 5.74) is 1.01. The van der Waals surface area contributed by atoms with Gasteiger partial charge in [-0.1, -0.05) is 70.9 Å². The molecule has 1 aromatic rings. The molecule has 0 aliphatic carbocycles. The van der Waals surface area contributed by atoms with Gasteiger partial charge in [0.05, 0.1) is 0 Å². The van der Waals surface area contributed by atoms with Crippen molar-refractivity contribution < 1.29 is 9.53 Å². The maximum atomic E-state index is 9.76. The Bertz CT molecular complexity index is 217. The van der Waals surface area contributed by atoms with Crippen LogP contribution in [-0.4, -0.2) is 6.47 Å². The van der Waals surface area contributed by atoms with Crippen LogP contribution in [0.25, 0.3) is 0 Å². The summed E-state index contributed by atoms with van der Waals surface area (Å²) in [6, 6.07) is 9.55. The predicted molar refractivity (Wildman–Crippen MR) is 69.2 cm³/mol. The molecule has 0 aromatic heterocycles. The summed E-state index contributed by atoms with van der Waals surface area (Å²) in [4.78, 5) is 9.76. The van der Waals surface area contributed by atoms with E-state index in [1.54, 1.807) is 0 Å². The van der Waals surface area contributed by atoms with Gasteiger partial charge in [0.1, 0.15) is 6.61 Å². The zero-order chi connectivity index (χ0) is 12.6. The summed E-state index contributed by atoms with van der Waals surface area (Å²) in [6.07, 6.45) is 2.64. The third kappa shape index (κ3) is 12.7. The first-order valence-electron chi connectivity index (χ1n) is 5.94. The molecular formula is C14H24O2. The Morgan fingerprint density at radius 1 is 1.06 bits per heavy atom. The van der Waals surface area contributed by atoms with E-state index in [9.17, 15) is 4.79 Å². The van der Waals surface area contributed by atoms with E-state index in [0.717, 1.165) is 5.56 Å². The standard InChI is InChI=1S/C8H8O2.C4H10.C2H6/c9-7-10-6-8-4-2-1-3-5-8;1-3-4-2;1-2/h1-5,7H,6H2;3-4H2,1-2H3;1-2H3. The van der Waals surface area contributed by atoms with E-state index in [1.807, 2.05) is 44.2 Å². The third-order valence-corrected chi connectivity index (χ3v) is 1.66. The molecule has 0 heterocycles. The largest absolute Gasteiger partial charge is 0.463 e.